The molecular formula is C9H15NO. The summed E-state index contributed by atoms with van der Waals surface area (Å²) in [6, 6.07) is 0. The van der Waals surface area contributed by atoms with Gasteiger partial charge >= 0.3 is 0 Å². The Bertz CT molecular complexity index is 148. The number of hydrogen-bond acceptors (Lipinski definition) is 1. The molecule has 1 heterocycles. The number of nitrogens with zero attached hydrogens (tertiary/aromatic N) is 1. The molecule has 0 aliphatic carbocycles. The summed E-state index contributed by atoms with van der Waals surface area (Å²) in [5.74, 6) is 0.236. The third-order valence-electron chi connectivity index (χ3n) is 2.03. The summed E-state index contributed by atoms with van der Waals surface area (Å²) in [5.41, 5.74) is 0. The van der Waals surface area contributed by atoms with Crippen LogP contribution >= 0.6 is 0 Å². The van der Waals surface area contributed by atoms with Crippen molar-refractivity contribution in [2.75, 3.05) is 13.1 Å². The Labute approximate surface area is 67.9 Å². The average molecular weight is 153 g/mol. The SMILES string of the molecule is C=CCC(=O)N1CCCCC1. The van der Waals surface area contributed by atoms with Crippen LogP contribution in [0, 0.1) is 0 Å². The quantitative estimate of drug-likeness (QED) is 0.551. The first-order chi connectivity index (χ1) is 5.34. The second-order valence-electron chi connectivity index (χ2n) is 2.93. The van der Waals surface area contributed by atoms with Gasteiger partial charge in [0.25, 0.3) is 0 Å². The zero-order valence-corrected chi connectivity index (χ0v) is 6.88. The van der Waals surface area contributed by atoms with E-state index in [1.54, 1.807) is 6.08 Å². The van der Waals surface area contributed by atoms with E-state index in [0.717, 1.165) is 13.1 Å². The van der Waals surface area contributed by atoms with Crippen molar-refractivity contribution in [3.05, 3.63) is 12.7 Å². The second kappa shape index (κ2) is 4.16. The maximum atomic E-state index is 11.3. The highest BCUT2D eigenvalue weighted by Crippen LogP contribution is 2.09. The molecule has 0 N–H and O–H groups in total. The Kier molecular flexibility index (Phi) is 3.14. The minimum atomic E-state index is 0.236. The fraction of sp³-hybridized carbons (Fsp3) is 0.667. The van der Waals surface area contributed by atoms with E-state index >= 15 is 0 Å². The van der Waals surface area contributed by atoms with Crippen LogP contribution in [0.4, 0.5) is 0 Å². The molecular weight excluding hydrogens is 138 g/mol. The molecule has 0 aromatic rings. The zero-order valence-electron chi connectivity index (χ0n) is 6.88. The van der Waals surface area contributed by atoms with Gasteiger partial charge in [-0.05, 0) is 19.3 Å². The topological polar surface area (TPSA) is 20.3 Å². The molecule has 0 aromatic heterocycles. The van der Waals surface area contributed by atoms with Crippen LogP contribution < -0.4 is 0 Å². The number of carbonyl (C=O) groups excluding carboxylic acids is 1. The third-order valence-corrected chi connectivity index (χ3v) is 2.03. The largest absolute Gasteiger partial charge is 0.342 e. The summed E-state index contributed by atoms with van der Waals surface area (Å²) in [6.45, 7) is 5.45. The van der Waals surface area contributed by atoms with E-state index < -0.39 is 0 Å². The van der Waals surface area contributed by atoms with Crippen LogP contribution in [0.25, 0.3) is 0 Å². The van der Waals surface area contributed by atoms with Crippen LogP contribution in [0.3, 0.4) is 0 Å². The summed E-state index contributed by atoms with van der Waals surface area (Å²) in [5, 5.41) is 0. The van der Waals surface area contributed by atoms with Crippen molar-refractivity contribution < 1.29 is 4.79 Å². The van der Waals surface area contributed by atoms with Gasteiger partial charge in [0, 0.05) is 19.5 Å². The van der Waals surface area contributed by atoms with E-state index in [-0.39, 0.29) is 5.91 Å². The third kappa shape index (κ3) is 2.37. The van der Waals surface area contributed by atoms with Crippen molar-refractivity contribution in [2.24, 2.45) is 0 Å². The van der Waals surface area contributed by atoms with Crippen molar-refractivity contribution in [2.45, 2.75) is 25.7 Å². The molecule has 2 nitrogen and oxygen atoms in total. The van der Waals surface area contributed by atoms with Crippen molar-refractivity contribution in [3.8, 4) is 0 Å². The van der Waals surface area contributed by atoms with Gasteiger partial charge in [-0.25, -0.2) is 0 Å². The number of piperidine rings is 1. The monoisotopic (exact) mass is 153 g/mol. The molecule has 0 radical (unpaired) electrons. The van der Waals surface area contributed by atoms with Gasteiger partial charge in [-0.3, -0.25) is 4.79 Å². The van der Waals surface area contributed by atoms with Gasteiger partial charge in [-0.1, -0.05) is 6.08 Å². The molecule has 1 aliphatic heterocycles. The maximum Gasteiger partial charge on any atom is 0.226 e. The molecule has 1 fully saturated rings. The highest BCUT2D eigenvalue weighted by molar-refractivity contribution is 5.77. The van der Waals surface area contributed by atoms with E-state index in [1.165, 1.54) is 19.3 Å². The number of amides is 1. The highest BCUT2D eigenvalue weighted by atomic mass is 16.2. The fourth-order valence-electron chi connectivity index (χ4n) is 1.40. The minimum absolute atomic E-state index is 0.236. The Balaban J connectivity index is 2.32. The summed E-state index contributed by atoms with van der Waals surface area (Å²) >= 11 is 0. The molecule has 0 saturated carbocycles. The number of rotatable bonds is 2. The molecule has 62 valence electrons. The van der Waals surface area contributed by atoms with Gasteiger partial charge in [0.15, 0.2) is 0 Å². The van der Waals surface area contributed by atoms with E-state index in [0.29, 0.717) is 6.42 Å². The first-order valence-electron chi connectivity index (χ1n) is 4.23. The zero-order chi connectivity index (χ0) is 8.10. The molecule has 1 aliphatic rings. The lowest BCUT2D eigenvalue weighted by Crippen LogP contribution is -2.35. The Morgan fingerprint density at radius 1 is 1.36 bits per heavy atom. The molecule has 11 heavy (non-hydrogen) atoms. The Morgan fingerprint density at radius 2 is 2.00 bits per heavy atom. The van der Waals surface area contributed by atoms with Crippen LogP contribution in [0.2, 0.25) is 0 Å². The van der Waals surface area contributed by atoms with Crippen molar-refractivity contribution in [1.29, 1.82) is 0 Å². The van der Waals surface area contributed by atoms with Crippen molar-refractivity contribution in [1.82, 2.24) is 4.90 Å². The second-order valence-corrected chi connectivity index (χ2v) is 2.93. The van der Waals surface area contributed by atoms with Gasteiger partial charge in [0.2, 0.25) is 5.91 Å². The molecule has 0 aromatic carbocycles. The summed E-state index contributed by atoms with van der Waals surface area (Å²) in [4.78, 5) is 13.2. The fourth-order valence-corrected chi connectivity index (χ4v) is 1.40. The lowest BCUT2D eigenvalue weighted by atomic mass is 10.1. The van der Waals surface area contributed by atoms with Crippen LogP contribution in [-0.2, 0) is 4.79 Å². The first kappa shape index (κ1) is 8.31. The Hall–Kier alpha value is -0.790. The number of likely N-dealkylation sites (tertiary alicyclic amines) is 1. The molecule has 0 atom stereocenters. The number of hydrogen-bond donors (Lipinski definition) is 0. The molecule has 2 heteroatoms. The summed E-state index contributed by atoms with van der Waals surface area (Å²) in [7, 11) is 0. The van der Waals surface area contributed by atoms with E-state index in [9.17, 15) is 4.79 Å². The Morgan fingerprint density at radius 3 is 2.55 bits per heavy atom. The minimum Gasteiger partial charge on any atom is -0.342 e. The average Bonchev–Trinajstić information content (AvgIpc) is 2.07. The van der Waals surface area contributed by atoms with Gasteiger partial charge in [0.1, 0.15) is 0 Å². The molecule has 1 rings (SSSR count). The van der Waals surface area contributed by atoms with Gasteiger partial charge in [-0.2, -0.15) is 0 Å². The van der Waals surface area contributed by atoms with E-state index in [1.807, 2.05) is 4.90 Å². The summed E-state index contributed by atoms with van der Waals surface area (Å²) in [6.07, 6.45) is 5.79. The first-order valence-corrected chi connectivity index (χ1v) is 4.23. The maximum absolute atomic E-state index is 11.3. The van der Waals surface area contributed by atoms with E-state index in [4.69, 9.17) is 0 Å². The van der Waals surface area contributed by atoms with Crippen molar-refractivity contribution in [3.63, 3.8) is 0 Å². The molecule has 1 amide bonds. The molecule has 1 saturated heterocycles. The highest BCUT2D eigenvalue weighted by Gasteiger charge is 2.14. The van der Waals surface area contributed by atoms with Gasteiger partial charge < -0.3 is 4.90 Å². The van der Waals surface area contributed by atoms with Crippen LogP contribution in [0.1, 0.15) is 25.7 Å². The molecule has 0 spiro atoms. The lowest BCUT2D eigenvalue weighted by molar-refractivity contribution is -0.131. The molecule has 0 bridgehead atoms. The van der Waals surface area contributed by atoms with Crippen LogP contribution in [0.5, 0.6) is 0 Å². The molecule has 0 unspecified atom stereocenters. The standard InChI is InChI=1S/C9H15NO/c1-2-6-9(11)10-7-4-3-5-8-10/h2H,1,3-8H2. The van der Waals surface area contributed by atoms with E-state index in [2.05, 4.69) is 6.58 Å². The van der Waals surface area contributed by atoms with Gasteiger partial charge in [-0.15, -0.1) is 6.58 Å². The summed E-state index contributed by atoms with van der Waals surface area (Å²) < 4.78 is 0. The van der Waals surface area contributed by atoms with Gasteiger partial charge in [0.05, 0.1) is 0 Å². The predicted octanol–water partition coefficient (Wildman–Crippen LogP) is 1.57. The van der Waals surface area contributed by atoms with Crippen molar-refractivity contribution >= 4 is 5.91 Å². The normalized spacial score (nSPS) is 18.0. The lowest BCUT2D eigenvalue weighted by Gasteiger charge is -2.26. The van der Waals surface area contributed by atoms with Crippen LogP contribution in [-0.4, -0.2) is 23.9 Å². The van der Waals surface area contributed by atoms with Crippen LogP contribution in [0.15, 0.2) is 12.7 Å². The number of carbonyl (C=O) groups is 1. The predicted molar refractivity (Wildman–Crippen MR) is 45.2 cm³/mol. The smallest absolute Gasteiger partial charge is 0.226 e.